The van der Waals surface area contributed by atoms with Gasteiger partial charge in [0, 0.05) is 19.6 Å². The summed E-state index contributed by atoms with van der Waals surface area (Å²) in [5.74, 6) is -0.941. The predicted molar refractivity (Wildman–Crippen MR) is 118 cm³/mol. The van der Waals surface area contributed by atoms with Gasteiger partial charge in [0.25, 0.3) is 15.9 Å². The van der Waals surface area contributed by atoms with Crippen molar-refractivity contribution in [2.24, 2.45) is 0 Å². The van der Waals surface area contributed by atoms with Crippen LogP contribution >= 0.6 is 0 Å². The van der Waals surface area contributed by atoms with E-state index in [0.29, 0.717) is 18.8 Å². The highest BCUT2D eigenvalue weighted by atomic mass is 32.2. The van der Waals surface area contributed by atoms with Gasteiger partial charge in [-0.2, -0.15) is 0 Å². The van der Waals surface area contributed by atoms with Crippen molar-refractivity contribution in [2.45, 2.75) is 37.5 Å². The lowest BCUT2D eigenvalue weighted by Gasteiger charge is -2.23. The van der Waals surface area contributed by atoms with Crippen LogP contribution in [0.15, 0.2) is 59.5 Å². The third-order valence-corrected chi connectivity index (χ3v) is 7.17. The molecule has 166 valence electrons. The second-order valence-electron chi connectivity index (χ2n) is 7.40. The number of benzene rings is 2. The fourth-order valence-corrected chi connectivity index (χ4v) is 5.14. The summed E-state index contributed by atoms with van der Waals surface area (Å²) in [5, 5.41) is 0. The maximum Gasteiger partial charge on any atom is 0.338 e. The topological polar surface area (TPSA) is 84.0 Å². The van der Waals surface area contributed by atoms with E-state index < -0.39 is 16.0 Å². The number of para-hydroxylation sites is 1. The third kappa shape index (κ3) is 5.64. The van der Waals surface area contributed by atoms with Crippen molar-refractivity contribution in [3.05, 3.63) is 60.2 Å². The monoisotopic (exact) mass is 444 g/mol. The quantitative estimate of drug-likeness (QED) is 0.611. The first-order chi connectivity index (χ1) is 14.9. The second kappa shape index (κ2) is 10.4. The van der Waals surface area contributed by atoms with Gasteiger partial charge in [-0.05, 0) is 50.1 Å². The van der Waals surface area contributed by atoms with E-state index in [1.807, 2.05) is 6.07 Å². The Balaban J connectivity index is 1.71. The Morgan fingerprint density at radius 3 is 2.29 bits per heavy atom. The van der Waals surface area contributed by atoms with Gasteiger partial charge in [0.05, 0.1) is 16.1 Å². The summed E-state index contributed by atoms with van der Waals surface area (Å²) in [7, 11) is -3.86. The number of rotatable bonds is 7. The van der Waals surface area contributed by atoms with E-state index in [9.17, 15) is 18.0 Å². The molecule has 0 aromatic heterocycles. The largest absolute Gasteiger partial charge is 0.452 e. The molecule has 0 saturated carbocycles. The lowest BCUT2D eigenvalue weighted by molar-refractivity contribution is -0.134. The van der Waals surface area contributed by atoms with Crippen LogP contribution in [0, 0.1) is 0 Å². The molecule has 1 aliphatic rings. The number of nitrogens with zero attached hydrogens (tertiary/aromatic N) is 2. The number of carbonyl (C=O) groups excluding carboxylic acids is 2. The summed E-state index contributed by atoms with van der Waals surface area (Å²) >= 11 is 0. The van der Waals surface area contributed by atoms with Crippen molar-refractivity contribution >= 4 is 27.6 Å². The number of anilines is 1. The first-order valence-corrected chi connectivity index (χ1v) is 12.0. The van der Waals surface area contributed by atoms with E-state index in [4.69, 9.17) is 4.74 Å². The molecular formula is C23H28N2O5S. The molecule has 1 heterocycles. The highest BCUT2D eigenvalue weighted by molar-refractivity contribution is 7.92. The second-order valence-corrected chi connectivity index (χ2v) is 9.27. The molecule has 0 atom stereocenters. The van der Waals surface area contributed by atoms with Crippen molar-refractivity contribution in [2.75, 3.05) is 30.5 Å². The van der Waals surface area contributed by atoms with Gasteiger partial charge in [-0.1, -0.05) is 37.1 Å². The molecule has 8 heteroatoms. The number of sulfonamides is 1. The minimum Gasteiger partial charge on any atom is -0.452 e. The van der Waals surface area contributed by atoms with Gasteiger partial charge < -0.3 is 9.64 Å². The Morgan fingerprint density at radius 1 is 0.968 bits per heavy atom. The van der Waals surface area contributed by atoms with Crippen molar-refractivity contribution in [3.63, 3.8) is 0 Å². The maximum atomic E-state index is 13.2. The van der Waals surface area contributed by atoms with Gasteiger partial charge in [0.15, 0.2) is 6.61 Å². The predicted octanol–water partition coefficient (Wildman–Crippen LogP) is 3.46. The summed E-state index contributed by atoms with van der Waals surface area (Å²) in [6, 6.07) is 14.5. The highest BCUT2D eigenvalue weighted by Gasteiger charge is 2.25. The smallest absolute Gasteiger partial charge is 0.338 e. The Bertz CT molecular complexity index is 1000. The van der Waals surface area contributed by atoms with E-state index in [2.05, 4.69) is 0 Å². The normalized spacial score (nSPS) is 14.5. The van der Waals surface area contributed by atoms with Crippen LogP contribution in [-0.4, -0.2) is 51.4 Å². The fraction of sp³-hybridized carbons (Fsp3) is 0.391. The molecule has 2 aromatic rings. The van der Waals surface area contributed by atoms with Crippen LogP contribution in [0.1, 0.15) is 43.0 Å². The van der Waals surface area contributed by atoms with Crippen LogP contribution < -0.4 is 4.31 Å². The van der Waals surface area contributed by atoms with Crippen LogP contribution in [0.5, 0.6) is 0 Å². The van der Waals surface area contributed by atoms with Crippen molar-refractivity contribution < 1.29 is 22.7 Å². The van der Waals surface area contributed by atoms with Gasteiger partial charge >= 0.3 is 5.97 Å². The molecule has 3 rings (SSSR count). The first-order valence-electron chi connectivity index (χ1n) is 10.6. The number of likely N-dealkylation sites (tertiary alicyclic amines) is 1. The summed E-state index contributed by atoms with van der Waals surface area (Å²) in [4.78, 5) is 26.5. The fourth-order valence-electron chi connectivity index (χ4n) is 3.62. The van der Waals surface area contributed by atoms with Gasteiger partial charge in [0.2, 0.25) is 0 Å². The molecule has 0 aliphatic carbocycles. The summed E-state index contributed by atoms with van der Waals surface area (Å²) in [6.07, 6.45) is 4.11. The molecule has 31 heavy (non-hydrogen) atoms. The zero-order chi connectivity index (χ0) is 22.3. The Kier molecular flexibility index (Phi) is 7.68. The van der Waals surface area contributed by atoms with Crippen LogP contribution in [0.2, 0.25) is 0 Å². The zero-order valence-corrected chi connectivity index (χ0v) is 18.5. The Morgan fingerprint density at radius 2 is 1.65 bits per heavy atom. The lowest BCUT2D eigenvalue weighted by atomic mass is 10.2. The Hall–Kier alpha value is -2.87. The molecule has 0 N–H and O–H groups in total. The zero-order valence-electron chi connectivity index (χ0n) is 17.7. The molecule has 2 aromatic carbocycles. The number of amides is 1. The SMILES string of the molecule is CCN(c1ccccc1)S(=O)(=O)c1cccc(C(=O)OCC(=O)N2CCCCCC2)c1. The Labute approximate surface area is 183 Å². The van der Waals surface area contributed by atoms with Crippen LogP contribution in [0.4, 0.5) is 5.69 Å². The third-order valence-electron chi connectivity index (χ3n) is 5.27. The van der Waals surface area contributed by atoms with Crippen LogP contribution in [0.25, 0.3) is 0 Å². The van der Waals surface area contributed by atoms with Crippen molar-refractivity contribution in [1.82, 2.24) is 4.90 Å². The lowest BCUT2D eigenvalue weighted by Crippen LogP contribution is -2.35. The van der Waals surface area contributed by atoms with E-state index in [1.165, 1.54) is 28.6 Å². The molecule has 1 aliphatic heterocycles. The molecule has 1 amide bonds. The van der Waals surface area contributed by atoms with E-state index in [1.54, 1.807) is 36.1 Å². The molecule has 0 radical (unpaired) electrons. The average molecular weight is 445 g/mol. The van der Waals surface area contributed by atoms with Crippen molar-refractivity contribution in [1.29, 1.82) is 0 Å². The van der Waals surface area contributed by atoms with Crippen LogP contribution in [0.3, 0.4) is 0 Å². The maximum absolute atomic E-state index is 13.2. The molecule has 0 spiro atoms. The highest BCUT2D eigenvalue weighted by Crippen LogP contribution is 2.24. The summed E-state index contributed by atoms with van der Waals surface area (Å²) in [5.41, 5.74) is 0.634. The molecule has 1 fully saturated rings. The average Bonchev–Trinajstić information content (AvgIpc) is 3.08. The number of ether oxygens (including phenoxy) is 1. The molecular weight excluding hydrogens is 416 g/mol. The van der Waals surface area contributed by atoms with Gasteiger partial charge in [-0.25, -0.2) is 13.2 Å². The minimum absolute atomic E-state index is 0.00787. The van der Waals surface area contributed by atoms with Crippen molar-refractivity contribution in [3.8, 4) is 0 Å². The standard InChI is InChI=1S/C23H28N2O5S/c1-2-25(20-12-6-5-7-13-20)31(28,29)21-14-10-11-19(17-21)23(27)30-18-22(26)24-15-8-3-4-9-16-24/h5-7,10-14,17H,2-4,8-9,15-16,18H2,1H3. The van der Waals surface area contributed by atoms with Crippen LogP contribution in [-0.2, 0) is 19.6 Å². The van der Waals surface area contributed by atoms with E-state index in [0.717, 1.165) is 25.7 Å². The van der Waals surface area contributed by atoms with Gasteiger partial charge in [-0.3, -0.25) is 9.10 Å². The van der Waals surface area contributed by atoms with E-state index >= 15 is 0 Å². The van der Waals surface area contributed by atoms with E-state index in [-0.39, 0.29) is 29.5 Å². The number of hydrogen-bond acceptors (Lipinski definition) is 5. The minimum atomic E-state index is -3.86. The van der Waals surface area contributed by atoms with Gasteiger partial charge in [0.1, 0.15) is 0 Å². The van der Waals surface area contributed by atoms with Gasteiger partial charge in [-0.15, -0.1) is 0 Å². The summed E-state index contributed by atoms with van der Waals surface area (Å²) < 4.78 is 32.8. The molecule has 1 saturated heterocycles. The molecule has 7 nitrogen and oxygen atoms in total. The molecule has 0 bridgehead atoms. The number of esters is 1. The summed E-state index contributed by atoms with van der Waals surface area (Å²) in [6.45, 7) is 3.00. The first kappa shape index (κ1) is 22.8. The number of hydrogen-bond donors (Lipinski definition) is 0. The molecule has 0 unspecified atom stereocenters. The number of carbonyl (C=O) groups is 2.